The highest BCUT2D eigenvalue weighted by atomic mass is 35.5. The molecule has 3 aromatic carbocycles. The summed E-state index contributed by atoms with van der Waals surface area (Å²) in [5.41, 5.74) is 4.75. The second-order valence-corrected chi connectivity index (χ2v) is 7.73. The van der Waals surface area contributed by atoms with Crippen LogP contribution in [0.1, 0.15) is 29.7 Å². The lowest BCUT2D eigenvalue weighted by Gasteiger charge is -2.13. The first-order valence-electron chi connectivity index (χ1n) is 9.78. The predicted molar refractivity (Wildman–Crippen MR) is 126 cm³/mol. The van der Waals surface area contributed by atoms with Crippen molar-refractivity contribution in [2.24, 2.45) is 5.10 Å². The zero-order valence-corrected chi connectivity index (χ0v) is 18.7. The van der Waals surface area contributed by atoms with Crippen LogP contribution in [0.5, 0.6) is 5.75 Å². The number of hydrazone groups is 1. The molecule has 0 spiro atoms. The molecule has 0 aliphatic rings. The summed E-state index contributed by atoms with van der Waals surface area (Å²) in [4.78, 5) is 24.0. The minimum Gasteiger partial charge on any atom is -0.489 e. The first-order chi connectivity index (χ1) is 15.4. The smallest absolute Gasteiger partial charge is 0.329 e. The molecule has 0 saturated heterocycles. The number of amides is 2. The lowest BCUT2D eigenvalue weighted by molar-refractivity contribution is -0.139. The molecule has 0 bridgehead atoms. The number of benzene rings is 3. The Morgan fingerprint density at radius 1 is 0.969 bits per heavy atom. The molecule has 0 aliphatic heterocycles. The van der Waals surface area contributed by atoms with Crippen molar-refractivity contribution in [1.29, 1.82) is 0 Å². The fourth-order valence-corrected chi connectivity index (χ4v) is 3.07. The molecule has 164 valence electrons. The van der Waals surface area contributed by atoms with E-state index in [1.165, 1.54) is 6.21 Å². The summed E-state index contributed by atoms with van der Waals surface area (Å²) in [6.07, 6.45) is 1.44. The molecule has 1 atom stereocenters. The molecular weight excluding hydrogens is 449 g/mol. The van der Waals surface area contributed by atoms with Crippen molar-refractivity contribution in [3.05, 3.63) is 99.5 Å². The second-order valence-electron chi connectivity index (χ2n) is 6.91. The van der Waals surface area contributed by atoms with E-state index in [0.717, 1.165) is 16.7 Å². The first-order valence-corrected chi connectivity index (χ1v) is 10.5. The van der Waals surface area contributed by atoms with Gasteiger partial charge < -0.3 is 10.1 Å². The number of carbonyl (C=O) groups excluding carboxylic acids is 2. The number of nitrogens with one attached hydrogen (secondary N) is 2. The molecule has 0 unspecified atom stereocenters. The maximum Gasteiger partial charge on any atom is 0.329 e. The van der Waals surface area contributed by atoms with E-state index >= 15 is 0 Å². The lowest BCUT2D eigenvalue weighted by atomic mass is 10.1. The molecule has 0 heterocycles. The molecule has 32 heavy (non-hydrogen) atoms. The van der Waals surface area contributed by atoms with Gasteiger partial charge in [0.25, 0.3) is 0 Å². The molecule has 0 saturated carbocycles. The third-order valence-corrected chi connectivity index (χ3v) is 5.24. The quantitative estimate of drug-likeness (QED) is 0.293. The standard InChI is InChI=1S/C24H21Cl2N3O3/c1-16(19-5-3-2-4-6-19)28-23(30)24(31)29-27-14-17-7-10-20(11-8-17)32-15-18-9-12-21(25)22(26)13-18/h2-14,16H,15H2,1H3,(H,28,30)(H,29,31)/b27-14-/t16-/m0/s1. The Labute approximate surface area is 196 Å². The molecule has 0 radical (unpaired) electrons. The van der Waals surface area contributed by atoms with E-state index in [2.05, 4.69) is 15.8 Å². The van der Waals surface area contributed by atoms with Crippen LogP contribution in [-0.2, 0) is 16.2 Å². The molecule has 0 fully saturated rings. The topological polar surface area (TPSA) is 79.8 Å². The molecule has 2 N–H and O–H groups in total. The average Bonchev–Trinajstić information content (AvgIpc) is 2.81. The zero-order chi connectivity index (χ0) is 22.9. The van der Waals surface area contributed by atoms with Gasteiger partial charge >= 0.3 is 11.8 Å². The Balaban J connectivity index is 1.46. The van der Waals surface area contributed by atoms with Crippen LogP contribution in [0.2, 0.25) is 10.0 Å². The molecular formula is C24H21Cl2N3O3. The van der Waals surface area contributed by atoms with Gasteiger partial charge in [-0.15, -0.1) is 0 Å². The molecule has 8 heteroatoms. The normalized spacial score (nSPS) is 11.7. The summed E-state index contributed by atoms with van der Waals surface area (Å²) in [5.74, 6) is -0.943. The van der Waals surface area contributed by atoms with E-state index in [-0.39, 0.29) is 6.04 Å². The van der Waals surface area contributed by atoms with E-state index in [1.54, 1.807) is 43.3 Å². The number of nitrogens with zero attached hydrogens (tertiary/aromatic N) is 1. The molecule has 0 aliphatic carbocycles. The van der Waals surface area contributed by atoms with Gasteiger partial charge in [0.2, 0.25) is 0 Å². The SMILES string of the molecule is C[C@H](NC(=O)C(=O)N/N=C\c1ccc(OCc2ccc(Cl)c(Cl)c2)cc1)c1ccccc1. The van der Waals surface area contributed by atoms with Gasteiger partial charge in [-0.3, -0.25) is 9.59 Å². The molecule has 3 aromatic rings. The van der Waals surface area contributed by atoms with E-state index in [4.69, 9.17) is 27.9 Å². The maximum atomic E-state index is 12.0. The number of halogens is 2. The summed E-state index contributed by atoms with van der Waals surface area (Å²) < 4.78 is 5.72. The Kier molecular flexibility index (Phi) is 8.25. The monoisotopic (exact) mass is 469 g/mol. The van der Waals surface area contributed by atoms with Gasteiger partial charge in [0.05, 0.1) is 22.3 Å². The molecule has 6 nitrogen and oxygen atoms in total. The first kappa shape index (κ1) is 23.3. The van der Waals surface area contributed by atoms with Gasteiger partial charge in [0.1, 0.15) is 12.4 Å². The van der Waals surface area contributed by atoms with Crippen LogP contribution >= 0.6 is 23.2 Å². The number of hydrogen-bond acceptors (Lipinski definition) is 4. The predicted octanol–water partition coefficient (Wildman–Crippen LogP) is 4.90. The molecule has 2 amide bonds. The Bertz CT molecular complexity index is 1100. The van der Waals surface area contributed by atoms with Crippen LogP contribution < -0.4 is 15.5 Å². The van der Waals surface area contributed by atoms with Crippen molar-refractivity contribution in [3.8, 4) is 5.75 Å². The van der Waals surface area contributed by atoms with Crippen LogP contribution in [0.15, 0.2) is 77.9 Å². The largest absolute Gasteiger partial charge is 0.489 e. The summed E-state index contributed by atoms with van der Waals surface area (Å²) in [6, 6.07) is 21.5. The van der Waals surface area contributed by atoms with E-state index in [9.17, 15) is 9.59 Å². The minimum absolute atomic E-state index is 0.296. The minimum atomic E-state index is -0.842. The molecule has 3 rings (SSSR count). The lowest BCUT2D eigenvalue weighted by Crippen LogP contribution is -2.39. The van der Waals surface area contributed by atoms with E-state index in [0.29, 0.717) is 22.4 Å². The highest BCUT2D eigenvalue weighted by Crippen LogP contribution is 2.23. The highest BCUT2D eigenvalue weighted by molar-refractivity contribution is 6.42. The zero-order valence-electron chi connectivity index (χ0n) is 17.2. The Morgan fingerprint density at radius 3 is 2.38 bits per heavy atom. The average molecular weight is 470 g/mol. The summed E-state index contributed by atoms with van der Waals surface area (Å²) in [6.45, 7) is 2.14. The highest BCUT2D eigenvalue weighted by Gasteiger charge is 2.16. The summed E-state index contributed by atoms with van der Waals surface area (Å²) in [7, 11) is 0. The van der Waals surface area contributed by atoms with E-state index < -0.39 is 11.8 Å². The van der Waals surface area contributed by atoms with Crippen LogP contribution in [0.4, 0.5) is 0 Å². The van der Waals surface area contributed by atoms with Gasteiger partial charge in [0.15, 0.2) is 0 Å². The summed E-state index contributed by atoms with van der Waals surface area (Å²) in [5, 5.41) is 7.43. The number of hydrogen-bond donors (Lipinski definition) is 2. The third kappa shape index (κ3) is 6.83. The number of carbonyl (C=O) groups is 2. The fraction of sp³-hybridized carbons (Fsp3) is 0.125. The van der Waals surface area contributed by atoms with Crippen LogP contribution in [0.25, 0.3) is 0 Å². The van der Waals surface area contributed by atoms with Crippen LogP contribution in [0, 0.1) is 0 Å². The van der Waals surface area contributed by atoms with Crippen LogP contribution in [-0.4, -0.2) is 18.0 Å². The maximum absolute atomic E-state index is 12.0. The third-order valence-electron chi connectivity index (χ3n) is 4.50. The van der Waals surface area contributed by atoms with Gasteiger partial charge in [-0.05, 0) is 60.0 Å². The van der Waals surface area contributed by atoms with Crippen molar-refractivity contribution in [2.45, 2.75) is 19.6 Å². The molecule has 0 aromatic heterocycles. The fourth-order valence-electron chi connectivity index (χ4n) is 2.75. The van der Waals surface area contributed by atoms with E-state index in [1.807, 2.05) is 36.4 Å². The van der Waals surface area contributed by atoms with Crippen molar-refractivity contribution in [3.63, 3.8) is 0 Å². The van der Waals surface area contributed by atoms with Gasteiger partial charge in [-0.2, -0.15) is 5.10 Å². The second kappa shape index (κ2) is 11.3. The van der Waals surface area contributed by atoms with Gasteiger partial charge in [-0.25, -0.2) is 5.43 Å². The number of ether oxygens (including phenoxy) is 1. The van der Waals surface area contributed by atoms with Crippen LogP contribution in [0.3, 0.4) is 0 Å². The van der Waals surface area contributed by atoms with Crippen molar-refractivity contribution in [1.82, 2.24) is 10.7 Å². The summed E-state index contributed by atoms with van der Waals surface area (Å²) >= 11 is 11.9. The Hall–Kier alpha value is -3.35. The van der Waals surface area contributed by atoms with Crippen molar-refractivity contribution in [2.75, 3.05) is 0 Å². The van der Waals surface area contributed by atoms with Crippen molar-refractivity contribution >= 4 is 41.2 Å². The van der Waals surface area contributed by atoms with Gasteiger partial charge in [-0.1, -0.05) is 59.6 Å². The van der Waals surface area contributed by atoms with Crippen molar-refractivity contribution < 1.29 is 14.3 Å². The van der Waals surface area contributed by atoms with Gasteiger partial charge in [0, 0.05) is 0 Å². The number of rotatable bonds is 7. The Morgan fingerprint density at radius 2 is 1.69 bits per heavy atom.